The van der Waals surface area contributed by atoms with Gasteiger partial charge in [0.15, 0.2) is 6.61 Å². The lowest BCUT2D eigenvalue weighted by Gasteiger charge is -2.10. The van der Waals surface area contributed by atoms with Crippen LogP contribution in [-0.4, -0.2) is 34.9 Å². The van der Waals surface area contributed by atoms with Gasteiger partial charge >= 0.3 is 5.97 Å². The number of unbranched alkanes of at least 4 members (excludes halogenated alkanes) is 2. The van der Waals surface area contributed by atoms with Gasteiger partial charge in [0.2, 0.25) is 0 Å². The Morgan fingerprint density at radius 1 is 0.689 bits per heavy atom. The van der Waals surface area contributed by atoms with Crippen molar-refractivity contribution in [2.75, 3.05) is 19.8 Å². The monoisotopic (exact) mass is 694 g/mol. The van der Waals surface area contributed by atoms with E-state index in [2.05, 4.69) is 6.92 Å². The van der Waals surface area contributed by atoms with Crippen molar-refractivity contribution in [2.24, 2.45) is 0 Å². The Kier molecular flexibility index (Phi) is 14.8. The van der Waals surface area contributed by atoms with E-state index in [1.807, 2.05) is 6.07 Å². The zero-order valence-electron chi connectivity index (χ0n) is 24.9. The maximum atomic E-state index is 12.1. The van der Waals surface area contributed by atoms with Crippen LogP contribution in [0.5, 0.6) is 11.5 Å². The van der Waals surface area contributed by atoms with Crippen molar-refractivity contribution >= 4 is 52.4 Å². The number of hydrogen-bond donors (Lipinski definition) is 0. The number of nitrogens with zero attached hydrogens (tertiary/aromatic N) is 2. The molecule has 45 heavy (non-hydrogen) atoms. The van der Waals surface area contributed by atoms with Crippen LogP contribution in [0.4, 0.5) is 0 Å². The summed E-state index contributed by atoms with van der Waals surface area (Å²) in [5, 5.41) is 2.16. The molecule has 4 rings (SSSR count). The summed E-state index contributed by atoms with van der Waals surface area (Å²) < 4.78 is 18.6. The average molecular weight is 696 g/mol. The minimum absolute atomic E-state index is 0.112. The first-order valence-electron chi connectivity index (χ1n) is 14.3. The molecule has 240 valence electrons. The van der Waals surface area contributed by atoms with Crippen LogP contribution in [-0.2, 0) is 22.6 Å². The number of aromatic nitrogens is 2. The van der Waals surface area contributed by atoms with Crippen LogP contribution in [0.2, 0.25) is 20.1 Å². The molecule has 0 unspecified atom stereocenters. The van der Waals surface area contributed by atoms with Crippen molar-refractivity contribution in [3.05, 3.63) is 125 Å². The Morgan fingerprint density at radius 3 is 1.64 bits per heavy atom. The van der Waals surface area contributed by atoms with Crippen molar-refractivity contribution in [3.8, 4) is 11.5 Å². The topological polar surface area (TPSA) is 88.8 Å². The molecule has 0 aliphatic heterocycles. The molecule has 0 atom stereocenters. The van der Waals surface area contributed by atoms with Gasteiger partial charge in [0, 0.05) is 44.6 Å². The number of ether oxygens (including phenoxy) is 3. The number of esters is 1. The predicted octanol–water partition coefficient (Wildman–Crippen LogP) is 7.92. The highest BCUT2D eigenvalue weighted by molar-refractivity contribution is 6.35. The molecule has 2 heterocycles. The molecule has 0 aliphatic carbocycles. The largest absolute Gasteiger partial charge is 0.493 e. The lowest BCUT2D eigenvalue weighted by atomic mass is 10.2. The van der Waals surface area contributed by atoms with Crippen molar-refractivity contribution < 1.29 is 19.0 Å². The maximum Gasteiger partial charge on any atom is 0.344 e. The molecule has 0 saturated carbocycles. The lowest BCUT2D eigenvalue weighted by Crippen LogP contribution is -2.20. The summed E-state index contributed by atoms with van der Waals surface area (Å²) in [6, 6.07) is 16.6. The molecule has 0 saturated heterocycles. The molecule has 0 N–H and O–H groups in total. The Bertz CT molecular complexity index is 1690. The normalized spacial score (nSPS) is 10.5. The molecule has 0 amide bonds. The fourth-order valence-corrected chi connectivity index (χ4v) is 4.91. The Hall–Kier alpha value is -3.43. The molecule has 0 aliphatic rings. The van der Waals surface area contributed by atoms with Gasteiger partial charge in [-0.15, -0.1) is 0 Å². The molecule has 4 aromatic rings. The van der Waals surface area contributed by atoms with Crippen molar-refractivity contribution in [3.63, 3.8) is 0 Å². The molecule has 8 nitrogen and oxygen atoms in total. The van der Waals surface area contributed by atoms with Gasteiger partial charge in [-0.05, 0) is 60.9 Å². The van der Waals surface area contributed by atoms with E-state index in [-0.39, 0.29) is 24.3 Å². The molecule has 12 heteroatoms. The SMILES string of the molecule is CCCCCOc1ccn(Cc2ccc(Cl)cc2Cl)c(=O)c1.CCOC(=O)COc1ccn(Cc2ccc(Cl)cc2Cl)c(=O)c1. The van der Waals surface area contributed by atoms with E-state index in [1.165, 1.54) is 16.7 Å². The molecular formula is C33H34Cl4N2O6. The van der Waals surface area contributed by atoms with Crippen molar-refractivity contribution in [2.45, 2.75) is 46.2 Å². The first-order chi connectivity index (χ1) is 21.6. The fraction of sp³-hybridized carbons (Fsp3) is 0.303. The van der Waals surface area contributed by atoms with E-state index >= 15 is 0 Å². The highest BCUT2D eigenvalue weighted by Gasteiger charge is 2.08. The molecule has 2 aromatic carbocycles. The summed E-state index contributed by atoms with van der Waals surface area (Å²) in [6.45, 7) is 5.26. The first-order valence-corrected chi connectivity index (χ1v) is 15.8. The summed E-state index contributed by atoms with van der Waals surface area (Å²) >= 11 is 24.0. The number of pyridine rings is 2. The van der Waals surface area contributed by atoms with Crippen LogP contribution in [0, 0.1) is 0 Å². The number of hydrogen-bond acceptors (Lipinski definition) is 6. The number of carbonyl (C=O) groups is 1. The molecule has 2 aromatic heterocycles. The highest BCUT2D eigenvalue weighted by atomic mass is 35.5. The standard InChI is InChI=1S/C17H19Cl2NO2.C16H15Cl2NO4/c1-2-3-4-9-22-15-7-8-20(17(21)11-15)12-13-5-6-14(18)10-16(13)19;1-2-22-16(21)10-23-13-5-6-19(15(20)8-13)9-11-3-4-12(17)7-14(11)18/h5-8,10-11H,2-4,9,12H2,1H3;3-8H,2,9-10H2,1H3. The predicted molar refractivity (Wildman–Crippen MR) is 180 cm³/mol. The summed E-state index contributed by atoms with van der Waals surface area (Å²) in [4.78, 5) is 35.4. The Morgan fingerprint density at radius 2 is 1.20 bits per heavy atom. The van der Waals surface area contributed by atoms with Crippen LogP contribution >= 0.6 is 46.4 Å². The highest BCUT2D eigenvalue weighted by Crippen LogP contribution is 2.23. The summed E-state index contributed by atoms with van der Waals surface area (Å²) in [5.41, 5.74) is 1.25. The van der Waals surface area contributed by atoms with Gasteiger partial charge in [-0.25, -0.2) is 4.79 Å². The minimum Gasteiger partial charge on any atom is -0.493 e. The third kappa shape index (κ3) is 12.1. The third-order valence-electron chi connectivity index (χ3n) is 6.33. The summed E-state index contributed by atoms with van der Waals surface area (Å²) in [6.07, 6.45) is 6.58. The van der Waals surface area contributed by atoms with E-state index < -0.39 is 5.97 Å². The van der Waals surface area contributed by atoms with E-state index in [0.717, 1.165) is 30.4 Å². The van der Waals surface area contributed by atoms with Crippen LogP contribution in [0.15, 0.2) is 82.6 Å². The molecule has 0 radical (unpaired) electrons. The van der Waals surface area contributed by atoms with Crippen molar-refractivity contribution in [1.29, 1.82) is 0 Å². The Labute approximate surface area is 282 Å². The van der Waals surface area contributed by atoms with Crippen LogP contribution in [0.25, 0.3) is 0 Å². The number of carbonyl (C=O) groups excluding carboxylic acids is 1. The van der Waals surface area contributed by atoms with Gasteiger partial charge in [-0.1, -0.05) is 78.3 Å². The lowest BCUT2D eigenvalue weighted by molar-refractivity contribution is -0.145. The zero-order chi connectivity index (χ0) is 32.8. The van der Waals surface area contributed by atoms with Gasteiger partial charge in [-0.3, -0.25) is 9.59 Å². The van der Waals surface area contributed by atoms with Crippen LogP contribution in [0.3, 0.4) is 0 Å². The summed E-state index contributed by atoms with van der Waals surface area (Å²) in [7, 11) is 0. The van der Waals surface area contributed by atoms with Crippen LogP contribution in [0.1, 0.15) is 44.2 Å². The number of benzene rings is 2. The summed E-state index contributed by atoms with van der Waals surface area (Å²) in [5.74, 6) is 0.436. The second-order valence-corrected chi connectivity index (χ2v) is 11.5. The molecule has 0 spiro atoms. The van der Waals surface area contributed by atoms with Gasteiger partial charge < -0.3 is 23.3 Å². The molecule has 0 fully saturated rings. The quantitative estimate of drug-likeness (QED) is 0.104. The third-order valence-corrected chi connectivity index (χ3v) is 7.50. The zero-order valence-corrected chi connectivity index (χ0v) is 28.0. The van der Waals surface area contributed by atoms with Crippen molar-refractivity contribution in [1.82, 2.24) is 9.13 Å². The second kappa shape index (κ2) is 18.5. The van der Waals surface area contributed by atoms with E-state index in [0.29, 0.717) is 51.3 Å². The first kappa shape index (κ1) is 36.0. The average Bonchev–Trinajstić information content (AvgIpc) is 3.00. The minimum atomic E-state index is -0.482. The number of rotatable bonds is 13. The van der Waals surface area contributed by atoms with E-state index in [4.69, 9.17) is 60.6 Å². The van der Waals surface area contributed by atoms with E-state index in [1.54, 1.807) is 66.3 Å². The molecular weight excluding hydrogens is 662 g/mol. The van der Waals surface area contributed by atoms with Crippen LogP contribution < -0.4 is 20.6 Å². The second-order valence-electron chi connectivity index (χ2n) is 9.78. The van der Waals surface area contributed by atoms with Gasteiger partial charge in [0.05, 0.1) is 26.3 Å². The smallest absolute Gasteiger partial charge is 0.344 e. The Balaban J connectivity index is 0.000000246. The van der Waals surface area contributed by atoms with Gasteiger partial charge in [0.25, 0.3) is 11.1 Å². The number of halogens is 4. The fourth-order valence-electron chi connectivity index (χ4n) is 3.97. The van der Waals surface area contributed by atoms with E-state index in [9.17, 15) is 14.4 Å². The van der Waals surface area contributed by atoms with Gasteiger partial charge in [0.1, 0.15) is 11.5 Å². The maximum absolute atomic E-state index is 12.1. The molecule has 0 bridgehead atoms. The van der Waals surface area contributed by atoms with Gasteiger partial charge in [-0.2, -0.15) is 0 Å².